The molecule has 0 aliphatic rings. The summed E-state index contributed by atoms with van der Waals surface area (Å²) < 4.78 is 39.9. The molecule has 0 nitrogen and oxygen atoms in total. The van der Waals surface area contributed by atoms with Gasteiger partial charge in [-0.25, -0.2) is 0 Å². The zero-order chi connectivity index (χ0) is 30.4. The average molecular weight is 579 g/mol. The third kappa shape index (κ3) is 3.92. The fourth-order valence-electron chi connectivity index (χ4n) is 7.34. The monoisotopic (exact) mass is 578 g/mol. The van der Waals surface area contributed by atoms with Gasteiger partial charge in [-0.3, -0.25) is 0 Å². The van der Waals surface area contributed by atoms with Crippen molar-refractivity contribution >= 4 is 53.9 Å². The molecule has 8 aromatic carbocycles. The highest BCUT2D eigenvalue weighted by molar-refractivity contribution is 6.29. The van der Waals surface area contributed by atoms with Gasteiger partial charge in [-0.15, -0.1) is 0 Å². The van der Waals surface area contributed by atoms with E-state index in [0.29, 0.717) is 0 Å². The molecule has 0 aliphatic heterocycles. The first kappa shape index (κ1) is 26.7. The third-order valence-electron chi connectivity index (χ3n) is 9.14. The van der Waals surface area contributed by atoms with Gasteiger partial charge in [-0.1, -0.05) is 130 Å². The SMILES string of the molecule is CC(C)(C)c1c2ccccc2c(-c2ccc3ccc4c(-c5ccc(C(F)(F)F)cc5)ccc5ccc2c3c54)c2ccccc12. The Labute approximate surface area is 253 Å². The maximum Gasteiger partial charge on any atom is 0.416 e. The minimum absolute atomic E-state index is 0.0465. The van der Waals surface area contributed by atoms with Crippen LogP contribution in [0.3, 0.4) is 0 Å². The lowest BCUT2D eigenvalue weighted by Crippen LogP contribution is -2.13. The molecule has 0 bridgehead atoms. The molecule has 0 saturated heterocycles. The number of alkyl halides is 3. The van der Waals surface area contributed by atoms with Crippen molar-refractivity contribution in [3.63, 3.8) is 0 Å². The van der Waals surface area contributed by atoms with E-state index in [0.717, 1.165) is 32.7 Å². The lowest BCUT2D eigenvalue weighted by Gasteiger charge is -2.26. The van der Waals surface area contributed by atoms with Crippen molar-refractivity contribution in [3.05, 3.63) is 132 Å². The van der Waals surface area contributed by atoms with Crippen LogP contribution in [0, 0.1) is 0 Å². The molecular formula is C41H29F3. The van der Waals surface area contributed by atoms with Crippen molar-refractivity contribution in [1.82, 2.24) is 0 Å². The quantitative estimate of drug-likeness (QED) is 0.141. The number of hydrogen-bond donors (Lipinski definition) is 0. The minimum atomic E-state index is -4.36. The molecule has 0 spiro atoms. The molecule has 3 heteroatoms. The van der Waals surface area contributed by atoms with Crippen molar-refractivity contribution < 1.29 is 13.2 Å². The molecule has 0 heterocycles. The van der Waals surface area contributed by atoms with Gasteiger partial charge in [0.15, 0.2) is 0 Å². The summed E-state index contributed by atoms with van der Waals surface area (Å²) in [6.45, 7) is 6.85. The van der Waals surface area contributed by atoms with Crippen LogP contribution in [0.1, 0.15) is 31.9 Å². The highest BCUT2D eigenvalue weighted by Crippen LogP contribution is 2.48. The van der Waals surface area contributed by atoms with Crippen LogP contribution in [0.2, 0.25) is 0 Å². The number of benzene rings is 8. The highest BCUT2D eigenvalue weighted by Gasteiger charge is 2.30. The Morgan fingerprint density at radius 3 is 1.39 bits per heavy atom. The van der Waals surface area contributed by atoms with E-state index < -0.39 is 11.7 Å². The van der Waals surface area contributed by atoms with E-state index in [9.17, 15) is 13.2 Å². The molecule has 214 valence electrons. The van der Waals surface area contributed by atoms with Crippen molar-refractivity contribution in [2.45, 2.75) is 32.4 Å². The van der Waals surface area contributed by atoms with Crippen LogP contribution in [0.25, 0.3) is 76.1 Å². The first-order valence-corrected chi connectivity index (χ1v) is 14.9. The fourth-order valence-corrected chi connectivity index (χ4v) is 7.34. The highest BCUT2D eigenvalue weighted by atomic mass is 19.4. The first-order chi connectivity index (χ1) is 21.1. The maximum atomic E-state index is 13.3. The Kier molecular flexibility index (Phi) is 5.65. The fraction of sp³-hybridized carbons (Fsp3) is 0.122. The number of halogens is 3. The Hall–Kier alpha value is -4.89. The van der Waals surface area contributed by atoms with E-state index in [1.807, 2.05) is 6.07 Å². The van der Waals surface area contributed by atoms with Crippen LogP contribution in [0.15, 0.2) is 121 Å². The summed E-state index contributed by atoms with van der Waals surface area (Å²) in [4.78, 5) is 0. The summed E-state index contributed by atoms with van der Waals surface area (Å²) in [5.41, 5.74) is 4.77. The van der Waals surface area contributed by atoms with E-state index in [2.05, 4.69) is 112 Å². The Morgan fingerprint density at radius 1 is 0.432 bits per heavy atom. The molecule has 0 aliphatic carbocycles. The van der Waals surface area contributed by atoms with E-state index in [1.54, 1.807) is 12.1 Å². The standard InChI is InChI=1S/C41H29F3/c1-40(2,3)39-34-10-6-4-8-29(34)38(30-9-5-7-11-35(30)39)33-23-17-26-15-21-31-28(24-12-18-27(19-13-24)41(42,43)44)20-14-25-16-22-32(33)37(26)36(25)31/h4-23H,1-3H3. The van der Waals surface area contributed by atoms with Gasteiger partial charge in [0.25, 0.3) is 0 Å². The predicted octanol–water partition coefficient (Wildman–Crippen LogP) is 12.5. The topological polar surface area (TPSA) is 0 Å². The minimum Gasteiger partial charge on any atom is -0.166 e. The first-order valence-electron chi connectivity index (χ1n) is 14.9. The van der Waals surface area contributed by atoms with Gasteiger partial charge in [-0.05, 0) is 99.2 Å². The normalized spacial score (nSPS) is 12.8. The summed E-state index contributed by atoms with van der Waals surface area (Å²) in [5, 5.41) is 11.8. The zero-order valence-electron chi connectivity index (χ0n) is 24.7. The molecular weight excluding hydrogens is 549 g/mol. The Morgan fingerprint density at radius 2 is 0.886 bits per heavy atom. The molecule has 0 fully saturated rings. The molecule has 8 aromatic rings. The van der Waals surface area contributed by atoms with Gasteiger partial charge in [0.1, 0.15) is 0 Å². The van der Waals surface area contributed by atoms with Crippen LogP contribution in [-0.4, -0.2) is 0 Å². The molecule has 0 unspecified atom stereocenters. The van der Waals surface area contributed by atoms with Crippen LogP contribution in [-0.2, 0) is 11.6 Å². The van der Waals surface area contributed by atoms with Gasteiger partial charge in [0, 0.05) is 0 Å². The van der Waals surface area contributed by atoms with Gasteiger partial charge < -0.3 is 0 Å². The molecule has 0 aromatic heterocycles. The predicted molar refractivity (Wildman–Crippen MR) is 180 cm³/mol. The second-order valence-electron chi connectivity index (χ2n) is 12.8. The zero-order valence-corrected chi connectivity index (χ0v) is 24.7. The summed E-state index contributed by atoms with van der Waals surface area (Å²) in [6, 6.07) is 40.2. The summed E-state index contributed by atoms with van der Waals surface area (Å²) >= 11 is 0. The van der Waals surface area contributed by atoms with Crippen molar-refractivity contribution in [3.8, 4) is 22.3 Å². The second kappa shape index (κ2) is 9.30. The van der Waals surface area contributed by atoms with Crippen molar-refractivity contribution in [2.24, 2.45) is 0 Å². The van der Waals surface area contributed by atoms with Crippen LogP contribution in [0.5, 0.6) is 0 Å². The lowest BCUT2D eigenvalue weighted by atomic mass is 9.77. The van der Waals surface area contributed by atoms with Crippen molar-refractivity contribution in [1.29, 1.82) is 0 Å². The number of rotatable bonds is 2. The average Bonchev–Trinajstić information content (AvgIpc) is 3.01. The van der Waals surface area contributed by atoms with E-state index in [4.69, 9.17) is 0 Å². The molecule has 0 saturated carbocycles. The third-order valence-corrected chi connectivity index (χ3v) is 9.14. The van der Waals surface area contributed by atoms with E-state index in [1.165, 1.54) is 61.1 Å². The van der Waals surface area contributed by atoms with Crippen LogP contribution < -0.4 is 0 Å². The lowest BCUT2D eigenvalue weighted by molar-refractivity contribution is -0.137. The molecule has 0 N–H and O–H groups in total. The smallest absolute Gasteiger partial charge is 0.166 e. The molecule has 44 heavy (non-hydrogen) atoms. The number of hydrogen-bond acceptors (Lipinski definition) is 0. The van der Waals surface area contributed by atoms with Crippen LogP contribution >= 0.6 is 0 Å². The largest absolute Gasteiger partial charge is 0.416 e. The summed E-state index contributed by atoms with van der Waals surface area (Å²) in [5.74, 6) is 0. The molecule has 0 amide bonds. The van der Waals surface area contributed by atoms with E-state index >= 15 is 0 Å². The summed E-state index contributed by atoms with van der Waals surface area (Å²) in [6.07, 6.45) is -4.36. The molecule has 0 atom stereocenters. The van der Waals surface area contributed by atoms with Gasteiger partial charge in [0.05, 0.1) is 5.56 Å². The Bertz CT molecular complexity index is 2330. The van der Waals surface area contributed by atoms with Gasteiger partial charge >= 0.3 is 6.18 Å². The van der Waals surface area contributed by atoms with Crippen molar-refractivity contribution in [2.75, 3.05) is 0 Å². The molecule has 8 rings (SSSR count). The summed E-state index contributed by atoms with van der Waals surface area (Å²) in [7, 11) is 0. The Balaban J connectivity index is 1.46. The maximum absolute atomic E-state index is 13.3. The van der Waals surface area contributed by atoms with E-state index in [-0.39, 0.29) is 5.41 Å². The van der Waals surface area contributed by atoms with Gasteiger partial charge in [-0.2, -0.15) is 13.2 Å². The molecule has 0 radical (unpaired) electrons. The van der Waals surface area contributed by atoms with Gasteiger partial charge in [0.2, 0.25) is 0 Å². The second-order valence-corrected chi connectivity index (χ2v) is 12.8. The number of fused-ring (bicyclic) bond motifs is 2. The van der Waals surface area contributed by atoms with Crippen LogP contribution in [0.4, 0.5) is 13.2 Å².